The molecule has 0 bridgehead atoms. The van der Waals surface area contributed by atoms with Crippen LogP contribution in [0.3, 0.4) is 0 Å². The van der Waals surface area contributed by atoms with Gasteiger partial charge >= 0.3 is 0 Å². The van der Waals surface area contributed by atoms with Gasteiger partial charge in [0.2, 0.25) is 0 Å². The summed E-state index contributed by atoms with van der Waals surface area (Å²) in [5.74, 6) is 0. The zero-order chi connectivity index (χ0) is 12.1. The van der Waals surface area contributed by atoms with Gasteiger partial charge in [-0.2, -0.15) is 0 Å². The fourth-order valence-corrected chi connectivity index (χ4v) is 2.96. The third-order valence-corrected chi connectivity index (χ3v) is 3.91. The second-order valence-electron chi connectivity index (χ2n) is 4.95. The summed E-state index contributed by atoms with van der Waals surface area (Å²) in [6, 6.07) is 15.1. The molecule has 0 N–H and O–H groups in total. The van der Waals surface area contributed by atoms with E-state index >= 15 is 0 Å². The monoisotopic (exact) mass is 231 g/mol. The van der Waals surface area contributed by atoms with E-state index in [1.807, 2.05) is 6.20 Å². The van der Waals surface area contributed by atoms with Crippen molar-refractivity contribution in [3.63, 3.8) is 0 Å². The molecule has 0 amide bonds. The van der Waals surface area contributed by atoms with E-state index in [0.29, 0.717) is 0 Å². The largest absolute Gasteiger partial charge is 0.256 e. The molecule has 1 heteroatoms. The molecule has 1 aliphatic carbocycles. The second-order valence-corrected chi connectivity index (χ2v) is 4.95. The van der Waals surface area contributed by atoms with Crippen LogP contribution in [0.4, 0.5) is 0 Å². The van der Waals surface area contributed by atoms with Crippen LogP contribution in [-0.4, -0.2) is 4.98 Å². The first kappa shape index (κ1) is 9.84. The molecule has 0 radical (unpaired) electrons. The Morgan fingerprint density at radius 1 is 1.00 bits per heavy atom. The maximum atomic E-state index is 4.61. The third kappa shape index (κ3) is 1.19. The Kier molecular flexibility index (Phi) is 1.87. The van der Waals surface area contributed by atoms with Gasteiger partial charge in [0.1, 0.15) is 0 Å². The van der Waals surface area contributed by atoms with Crippen LogP contribution in [-0.2, 0) is 6.42 Å². The summed E-state index contributed by atoms with van der Waals surface area (Å²) in [5, 5.41) is 2.62. The van der Waals surface area contributed by atoms with E-state index in [2.05, 4.69) is 54.4 Å². The quantitative estimate of drug-likeness (QED) is 0.443. The normalized spacial score (nSPS) is 12.5. The number of aromatic nitrogens is 1. The molecular formula is C17H13N. The number of hydrogen-bond donors (Lipinski definition) is 0. The highest BCUT2D eigenvalue weighted by Gasteiger charge is 2.22. The number of hydrogen-bond acceptors (Lipinski definition) is 1. The molecule has 0 aliphatic heterocycles. The van der Waals surface area contributed by atoms with Gasteiger partial charge in [-0.1, -0.05) is 36.4 Å². The molecule has 0 fully saturated rings. The molecule has 1 aliphatic rings. The van der Waals surface area contributed by atoms with Gasteiger partial charge < -0.3 is 0 Å². The second kappa shape index (κ2) is 3.42. The standard InChI is InChI=1S/C17H13N/c1-11-8-9-18-17-15(11)10-13-7-6-12-4-2-3-5-14(12)16(13)17/h2-9H,10H2,1H3. The summed E-state index contributed by atoms with van der Waals surface area (Å²) >= 11 is 0. The Bertz CT molecular complexity index is 772. The number of pyridine rings is 1. The topological polar surface area (TPSA) is 12.9 Å². The molecule has 18 heavy (non-hydrogen) atoms. The molecule has 0 saturated carbocycles. The first-order chi connectivity index (χ1) is 8.84. The first-order valence-corrected chi connectivity index (χ1v) is 6.30. The molecule has 0 unspecified atom stereocenters. The lowest BCUT2D eigenvalue weighted by molar-refractivity contribution is 1.18. The Morgan fingerprint density at radius 2 is 1.89 bits per heavy atom. The van der Waals surface area contributed by atoms with Crippen LogP contribution in [0.25, 0.3) is 22.0 Å². The van der Waals surface area contributed by atoms with Crippen molar-refractivity contribution in [2.24, 2.45) is 0 Å². The number of fused-ring (bicyclic) bond motifs is 5. The molecule has 4 rings (SSSR count). The number of nitrogens with zero attached hydrogens (tertiary/aromatic N) is 1. The van der Waals surface area contributed by atoms with Crippen LogP contribution in [0.15, 0.2) is 48.7 Å². The van der Waals surface area contributed by atoms with Gasteiger partial charge in [-0.3, -0.25) is 4.98 Å². The Hall–Kier alpha value is -2.15. The van der Waals surface area contributed by atoms with Gasteiger partial charge in [-0.15, -0.1) is 0 Å². The molecule has 0 spiro atoms. The predicted octanol–water partition coefficient (Wildman–Crippen LogP) is 4.11. The molecule has 1 nitrogen and oxygen atoms in total. The van der Waals surface area contributed by atoms with Crippen molar-refractivity contribution in [1.82, 2.24) is 4.98 Å². The van der Waals surface area contributed by atoms with Gasteiger partial charge in [0.05, 0.1) is 5.69 Å². The number of rotatable bonds is 0. The lowest BCUT2D eigenvalue weighted by atomic mass is 10.0. The van der Waals surface area contributed by atoms with E-state index in [1.54, 1.807) is 0 Å². The van der Waals surface area contributed by atoms with Crippen molar-refractivity contribution in [3.05, 3.63) is 65.4 Å². The average molecular weight is 231 g/mol. The van der Waals surface area contributed by atoms with Crippen LogP contribution in [0.5, 0.6) is 0 Å². The van der Waals surface area contributed by atoms with Crippen molar-refractivity contribution in [2.45, 2.75) is 13.3 Å². The zero-order valence-electron chi connectivity index (χ0n) is 10.3. The van der Waals surface area contributed by atoms with Crippen molar-refractivity contribution < 1.29 is 0 Å². The van der Waals surface area contributed by atoms with Gasteiger partial charge in [0.15, 0.2) is 0 Å². The van der Waals surface area contributed by atoms with Crippen LogP contribution in [0.1, 0.15) is 16.7 Å². The van der Waals surface area contributed by atoms with Gasteiger partial charge in [-0.05, 0) is 40.5 Å². The summed E-state index contributed by atoms with van der Waals surface area (Å²) in [5.41, 5.74) is 6.67. The predicted molar refractivity (Wildman–Crippen MR) is 74.7 cm³/mol. The maximum Gasteiger partial charge on any atom is 0.0749 e. The maximum absolute atomic E-state index is 4.61. The van der Waals surface area contributed by atoms with E-state index in [4.69, 9.17) is 0 Å². The Labute approximate surface area is 106 Å². The summed E-state index contributed by atoms with van der Waals surface area (Å²) in [6.45, 7) is 2.18. The SMILES string of the molecule is Cc1ccnc2c1Cc1ccc3ccccc3c1-2. The van der Waals surface area contributed by atoms with Crippen LogP contribution < -0.4 is 0 Å². The molecule has 0 atom stereocenters. The number of benzene rings is 2. The summed E-state index contributed by atoms with van der Waals surface area (Å²) < 4.78 is 0. The van der Waals surface area contributed by atoms with E-state index in [-0.39, 0.29) is 0 Å². The fourth-order valence-electron chi connectivity index (χ4n) is 2.96. The minimum atomic E-state index is 1.02. The van der Waals surface area contributed by atoms with Gasteiger partial charge in [0, 0.05) is 18.2 Å². The zero-order valence-corrected chi connectivity index (χ0v) is 10.3. The molecule has 0 saturated heterocycles. The molecule has 86 valence electrons. The molecule has 2 aromatic carbocycles. The molecule has 1 aromatic heterocycles. The van der Waals surface area contributed by atoms with Crippen LogP contribution in [0, 0.1) is 6.92 Å². The van der Waals surface area contributed by atoms with Gasteiger partial charge in [-0.25, -0.2) is 0 Å². The lowest BCUT2D eigenvalue weighted by Gasteiger charge is -2.06. The van der Waals surface area contributed by atoms with Crippen molar-refractivity contribution >= 4 is 10.8 Å². The average Bonchev–Trinajstić information content (AvgIpc) is 2.79. The Morgan fingerprint density at radius 3 is 2.83 bits per heavy atom. The van der Waals surface area contributed by atoms with Crippen LogP contribution in [0.2, 0.25) is 0 Å². The first-order valence-electron chi connectivity index (χ1n) is 6.30. The number of aryl methyl sites for hydroxylation is 1. The molecular weight excluding hydrogens is 218 g/mol. The third-order valence-electron chi connectivity index (χ3n) is 3.91. The minimum absolute atomic E-state index is 1.02. The minimum Gasteiger partial charge on any atom is -0.256 e. The van der Waals surface area contributed by atoms with Crippen molar-refractivity contribution in [1.29, 1.82) is 0 Å². The summed E-state index contributed by atoms with van der Waals surface area (Å²) in [7, 11) is 0. The van der Waals surface area contributed by atoms with Crippen molar-refractivity contribution in [3.8, 4) is 11.3 Å². The van der Waals surface area contributed by atoms with E-state index in [9.17, 15) is 0 Å². The lowest BCUT2D eigenvalue weighted by Crippen LogP contribution is -1.88. The summed E-state index contributed by atoms with van der Waals surface area (Å²) in [4.78, 5) is 4.61. The van der Waals surface area contributed by atoms with Crippen molar-refractivity contribution in [2.75, 3.05) is 0 Å². The highest BCUT2D eigenvalue weighted by atomic mass is 14.7. The van der Waals surface area contributed by atoms with E-state index in [1.165, 1.54) is 38.7 Å². The van der Waals surface area contributed by atoms with Gasteiger partial charge in [0.25, 0.3) is 0 Å². The molecule has 3 aromatic rings. The summed E-state index contributed by atoms with van der Waals surface area (Å²) in [6.07, 6.45) is 2.94. The highest BCUT2D eigenvalue weighted by molar-refractivity contribution is 6.00. The Balaban J connectivity index is 2.16. The van der Waals surface area contributed by atoms with E-state index in [0.717, 1.165) is 6.42 Å². The van der Waals surface area contributed by atoms with E-state index < -0.39 is 0 Å². The van der Waals surface area contributed by atoms with Crippen LogP contribution >= 0.6 is 0 Å². The smallest absolute Gasteiger partial charge is 0.0749 e. The molecule has 1 heterocycles. The highest BCUT2D eigenvalue weighted by Crippen LogP contribution is 2.40. The fraction of sp³-hybridized carbons (Fsp3) is 0.118.